The highest BCUT2D eigenvalue weighted by Crippen LogP contribution is 2.09. The molecule has 2 rings (SSSR count). The zero-order valence-corrected chi connectivity index (χ0v) is 5.61. The first kappa shape index (κ1) is 6.03. The summed E-state index contributed by atoms with van der Waals surface area (Å²) in [5, 5.41) is 0. The van der Waals surface area contributed by atoms with Crippen LogP contribution >= 0.6 is 0 Å². The maximum atomic E-state index is 10.4. The standard InChI is InChI=1S/C7H5N3O/c11-4-5-3-10-7-6(5)8-1-2-9-7/h1-4H,(H,9,10). The van der Waals surface area contributed by atoms with Crippen molar-refractivity contribution >= 4 is 17.5 Å². The highest BCUT2D eigenvalue weighted by atomic mass is 16.1. The molecule has 11 heavy (non-hydrogen) atoms. The summed E-state index contributed by atoms with van der Waals surface area (Å²) in [5.74, 6) is 0. The van der Waals surface area contributed by atoms with Crippen LogP contribution in [0.5, 0.6) is 0 Å². The lowest BCUT2D eigenvalue weighted by Gasteiger charge is -1.84. The van der Waals surface area contributed by atoms with Crippen LogP contribution in [0.2, 0.25) is 0 Å². The number of nitrogens with one attached hydrogen (secondary N) is 1. The Bertz CT molecular complexity index is 393. The molecule has 0 atom stereocenters. The van der Waals surface area contributed by atoms with Crippen molar-refractivity contribution in [1.82, 2.24) is 15.0 Å². The number of carbonyl (C=O) groups excluding carboxylic acids is 1. The lowest BCUT2D eigenvalue weighted by atomic mass is 10.3. The van der Waals surface area contributed by atoms with Crippen molar-refractivity contribution in [3.8, 4) is 0 Å². The van der Waals surface area contributed by atoms with Gasteiger partial charge < -0.3 is 4.98 Å². The van der Waals surface area contributed by atoms with Gasteiger partial charge in [-0.15, -0.1) is 0 Å². The zero-order chi connectivity index (χ0) is 7.68. The molecule has 2 aromatic rings. The first-order chi connectivity index (χ1) is 5.42. The molecule has 2 heterocycles. The van der Waals surface area contributed by atoms with E-state index in [4.69, 9.17) is 0 Å². The number of carbonyl (C=O) groups is 1. The molecule has 0 aliphatic heterocycles. The first-order valence-corrected chi connectivity index (χ1v) is 3.15. The van der Waals surface area contributed by atoms with Crippen LogP contribution in [-0.2, 0) is 0 Å². The van der Waals surface area contributed by atoms with Gasteiger partial charge in [-0.1, -0.05) is 0 Å². The molecular weight excluding hydrogens is 142 g/mol. The van der Waals surface area contributed by atoms with Crippen molar-refractivity contribution in [2.24, 2.45) is 0 Å². The molecule has 0 saturated carbocycles. The van der Waals surface area contributed by atoms with E-state index in [1.165, 1.54) is 0 Å². The summed E-state index contributed by atoms with van der Waals surface area (Å²) in [7, 11) is 0. The number of rotatable bonds is 1. The number of aromatic amines is 1. The SMILES string of the molecule is O=Cc1c[nH]c2nccnc12. The van der Waals surface area contributed by atoms with E-state index in [9.17, 15) is 4.79 Å². The van der Waals surface area contributed by atoms with Gasteiger partial charge in [0.15, 0.2) is 11.9 Å². The number of aldehydes is 1. The van der Waals surface area contributed by atoms with Gasteiger partial charge in [0.2, 0.25) is 0 Å². The van der Waals surface area contributed by atoms with E-state index in [0.717, 1.165) is 6.29 Å². The van der Waals surface area contributed by atoms with Gasteiger partial charge in [-0.3, -0.25) is 9.78 Å². The topological polar surface area (TPSA) is 58.6 Å². The Labute approximate surface area is 62.3 Å². The molecule has 0 amide bonds. The Morgan fingerprint density at radius 1 is 1.36 bits per heavy atom. The fourth-order valence-corrected chi connectivity index (χ4v) is 0.959. The molecule has 0 spiro atoms. The zero-order valence-electron chi connectivity index (χ0n) is 5.61. The van der Waals surface area contributed by atoms with E-state index in [0.29, 0.717) is 16.7 Å². The monoisotopic (exact) mass is 147 g/mol. The van der Waals surface area contributed by atoms with Gasteiger partial charge in [-0.2, -0.15) is 0 Å². The molecule has 0 aliphatic rings. The van der Waals surface area contributed by atoms with Crippen LogP contribution < -0.4 is 0 Å². The van der Waals surface area contributed by atoms with E-state index < -0.39 is 0 Å². The molecule has 1 N–H and O–H groups in total. The van der Waals surface area contributed by atoms with Crippen molar-refractivity contribution in [2.45, 2.75) is 0 Å². The average molecular weight is 147 g/mol. The second-order valence-electron chi connectivity index (χ2n) is 2.12. The molecule has 0 aliphatic carbocycles. The Kier molecular flexibility index (Phi) is 1.18. The van der Waals surface area contributed by atoms with Crippen LogP contribution in [0, 0.1) is 0 Å². The van der Waals surface area contributed by atoms with E-state index >= 15 is 0 Å². The molecule has 0 saturated heterocycles. The fourth-order valence-electron chi connectivity index (χ4n) is 0.959. The van der Waals surface area contributed by atoms with Gasteiger partial charge in [-0.05, 0) is 0 Å². The highest BCUT2D eigenvalue weighted by molar-refractivity contribution is 5.92. The number of aromatic nitrogens is 3. The summed E-state index contributed by atoms with van der Waals surface area (Å²) in [5.41, 5.74) is 1.82. The fraction of sp³-hybridized carbons (Fsp3) is 0. The molecular formula is C7H5N3O. The number of hydrogen-bond donors (Lipinski definition) is 1. The Hall–Kier alpha value is -1.71. The summed E-state index contributed by atoms with van der Waals surface area (Å²) in [6.07, 6.45) is 5.49. The number of H-pyrrole nitrogens is 1. The highest BCUT2D eigenvalue weighted by Gasteiger charge is 2.01. The van der Waals surface area contributed by atoms with E-state index in [1.54, 1.807) is 18.6 Å². The van der Waals surface area contributed by atoms with Gasteiger partial charge >= 0.3 is 0 Å². The summed E-state index contributed by atoms with van der Waals surface area (Å²) >= 11 is 0. The molecule has 4 nitrogen and oxygen atoms in total. The first-order valence-electron chi connectivity index (χ1n) is 3.15. The third-order valence-corrected chi connectivity index (χ3v) is 1.46. The molecule has 0 aromatic carbocycles. The number of nitrogens with zero attached hydrogens (tertiary/aromatic N) is 2. The van der Waals surface area contributed by atoms with Crippen LogP contribution in [0.3, 0.4) is 0 Å². The summed E-state index contributed by atoms with van der Waals surface area (Å²) in [4.78, 5) is 21.2. The van der Waals surface area contributed by atoms with Crippen LogP contribution in [-0.4, -0.2) is 21.2 Å². The third-order valence-electron chi connectivity index (χ3n) is 1.46. The van der Waals surface area contributed by atoms with E-state index in [2.05, 4.69) is 15.0 Å². The molecule has 0 fully saturated rings. The van der Waals surface area contributed by atoms with Crippen molar-refractivity contribution in [3.63, 3.8) is 0 Å². The predicted octanol–water partition coefficient (Wildman–Crippen LogP) is 0.770. The quantitative estimate of drug-likeness (QED) is 0.606. The van der Waals surface area contributed by atoms with Crippen molar-refractivity contribution in [2.75, 3.05) is 0 Å². The van der Waals surface area contributed by atoms with Crippen molar-refractivity contribution < 1.29 is 4.79 Å². The maximum Gasteiger partial charge on any atom is 0.156 e. The Morgan fingerprint density at radius 2 is 2.18 bits per heavy atom. The normalized spacial score (nSPS) is 10.2. The molecule has 54 valence electrons. The average Bonchev–Trinajstić information content (AvgIpc) is 2.47. The van der Waals surface area contributed by atoms with Crippen LogP contribution in [0.25, 0.3) is 11.2 Å². The van der Waals surface area contributed by atoms with Gasteiger partial charge in [-0.25, -0.2) is 4.98 Å². The second-order valence-corrected chi connectivity index (χ2v) is 2.12. The van der Waals surface area contributed by atoms with Crippen molar-refractivity contribution in [3.05, 3.63) is 24.2 Å². The molecule has 0 bridgehead atoms. The molecule has 0 unspecified atom stereocenters. The van der Waals surface area contributed by atoms with Crippen LogP contribution in [0.15, 0.2) is 18.6 Å². The van der Waals surface area contributed by atoms with Crippen molar-refractivity contribution in [1.29, 1.82) is 0 Å². The molecule has 2 aromatic heterocycles. The van der Waals surface area contributed by atoms with E-state index in [1.807, 2.05) is 0 Å². The minimum Gasteiger partial charge on any atom is -0.344 e. The maximum absolute atomic E-state index is 10.4. The summed E-state index contributed by atoms with van der Waals surface area (Å²) in [6, 6.07) is 0. The van der Waals surface area contributed by atoms with Gasteiger partial charge in [0, 0.05) is 18.6 Å². The van der Waals surface area contributed by atoms with Crippen LogP contribution in [0.1, 0.15) is 10.4 Å². The number of fused-ring (bicyclic) bond motifs is 1. The number of hydrogen-bond acceptors (Lipinski definition) is 3. The van der Waals surface area contributed by atoms with E-state index in [-0.39, 0.29) is 0 Å². The van der Waals surface area contributed by atoms with Gasteiger partial charge in [0.05, 0.1) is 5.56 Å². The minimum absolute atomic E-state index is 0.549. The van der Waals surface area contributed by atoms with Gasteiger partial charge in [0.25, 0.3) is 0 Å². The lowest BCUT2D eigenvalue weighted by Crippen LogP contribution is -1.80. The Morgan fingerprint density at radius 3 is 3.00 bits per heavy atom. The third kappa shape index (κ3) is 0.797. The largest absolute Gasteiger partial charge is 0.344 e. The lowest BCUT2D eigenvalue weighted by molar-refractivity contribution is 0.112. The minimum atomic E-state index is 0.549. The Balaban J connectivity index is 2.86. The summed E-state index contributed by atoms with van der Waals surface area (Å²) < 4.78 is 0. The smallest absolute Gasteiger partial charge is 0.156 e. The van der Waals surface area contributed by atoms with Gasteiger partial charge in [0.1, 0.15) is 5.52 Å². The summed E-state index contributed by atoms with van der Waals surface area (Å²) in [6.45, 7) is 0. The molecule has 0 radical (unpaired) electrons. The molecule has 4 heteroatoms. The second kappa shape index (κ2) is 2.16. The van der Waals surface area contributed by atoms with Crippen LogP contribution in [0.4, 0.5) is 0 Å². The predicted molar refractivity (Wildman–Crippen MR) is 39.3 cm³/mol.